The van der Waals surface area contributed by atoms with Crippen LogP contribution in [0.2, 0.25) is 5.02 Å². The number of amides is 3. The largest absolute Gasteiger partial charge is 0.467 e. The minimum Gasteiger partial charge on any atom is -0.467 e. The van der Waals surface area contributed by atoms with E-state index < -0.39 is 30.0 Å². The van der Waals surface area contributed by atoms with Gasteiger partial charge in [-0.05, 0) is 25.5 Å². The monoisotopic (exact) mass is 382 g/mol. The highest BCUT2D eigenvalue weighted by molar-refractivity contribution is 6.30. The molecule has 1 saturated heterocycles. The van der Waals surface area contributed by atoms with Crippen molar-refractivity contribution in [1.29, 1.82) is 0 Å². The fraction of sp³-hybridized carbons (Fsp3) is 0.471. The fourth-order valence-electron chi connectivity index (χ4n) is 2.83. The molecule has 9 heteroatoms. The zero-order valence-corrected chi connectivity index (χ0v) is 15.2. The van der Waals surface area contributed by atoms with Crippen molar-refractivity contribution in [2.45, 2.75) is 39.0 Å². The summed E-state index contributed by atoms with van der Waals surface area (Å²) in [6, 6.07) is 2.76. The number of halogens is 1. The second-order valence-electron chi connectivity index (χ2n) is 6.33. The lowest BCUT2D eigenvalue weighted by Gasteiger charge is -2.21. The third-order valence-electron chi connectivity index (χ3n) is 4.48. The minimum absolute atomic E-state index is 0.0869. The number of nitrogens with zero attached hydrogens (tertiary/aromatic N) is 1. The molecule has 0 spiro atoms. The number of fused-ring (bicyclic) bond motifs is 1. The minimum atomic E-state index is -0.989. The first kappa shape index (κ1) is 18.5. The average molecular weight is 383 g/mol. The van der Waals surface area contributed by atoms with Crippen LogP contribution in [0.4, 0.5) is 4.79 Å². The first-order chi connectivity index (χ1) is 12.3. The summed E-state index contributed by atoms with van der Waals surface area (Å²) in [5, 5.41) is 3.05. The summed E-state index contributed by atoms with van der Waals surface area (Å²) in [7, 11) is 0. The number of nitrogens with one attached hydrogen (secondary N) is 1. The Kier molecular flexibility index (Phi) is 5.06. The number of imide groups is 1. The van der Waals surface area contributed by atoms with Crippen LogP contribution < -0.4 is 10.1 Å². The maximum Gasteiger partial charge on any atom is 0.326 e. The van der Waals surface area contributed by atoms with Crippen LogP contribution in [0, 0.1) is 0 Å². The van der Waals surface area contributed by atoms with Crippen LogP contribution in [0.25, 0.3) is 0 Å². The van der Waals surface area contributed by atoms with E-state index in [0.29, 0.717) is 29.4 Å². The highest BCUT2D eigenvalue weighted by Crippen LogP contribution is 2.32. The molecule has 2 heterocycles. The molecule has 26 heavy (non-hydrogen) atoms. The topological polar surface area (TPSA) is 94.2 Å². The molecule has 1 unspecified atom stereocenters. The maximum absolute atomic E-state index is 12.3. The zero-order chi connectivity index (χ0) is 18.9. The molecule has 2 aliphatic heterocycles. The number of carbonyl (C=O) groups excluding carboxylic acids is 3. The van der Waals surface area contributed by atoms with E-state index in [4.69, 9.17) is 25.8 Å². The molecule has 2 aliphatic rings. The number of urea groups is 1. The highest BCUT2D eigenvalue weighted by Gasteiger charge is 2.47. The molecule has 3 amide bonds. The molecule has 1 N–H and O–H groups in total. The Balaban J connectivity index is 1.64. The predicted octanol–water partition coefficient (Wildman–Crippen LogP) is 1.97. The van der Waals surface area contributed by atoms with E-state index in [1.807, 2.05) is 0 Å². The Labute approximate surface area is 155 Å². The van der Waals surface area contributed by atoms with Gasteiger partial charge in [0, 0.05) is 16.1 Å². The second-order valence-corrected chi connectivity index (χ2v) is 6.77. The van der Waals surface area contributed by atoms with Crippen LogP contribution in [-0.2, 0) is 32.3 Å². The third-order valence-corrected chi connectivity index (χ3v) is 4.70. The normalized spacial score (nSPS) is 21.9. The van der Waals surface area contributed by atoms with Crippen LogP contribution in [0.3, 0.4) is 0 Å². The Hall–Kier alpha value is -2.32. The molecule has 0 radical (unpaired) electrons. The SMILES string of the molecule is CCC1(C)NC(=O)N(CC(=O)OCc2cc(Cl)cc3c2OCOC3)C1=O. The van der Waals surface area contributed by atoms with E-state index in [2.05, 4.69) is 5.32 Å². The second kappa shape index (κ2) is 7.13. The van der Waals surface area contributed by atoms with Crippen molar-refractivity contribution in [2.75, 3.05) is 13.3 Å². The van der Waals surface area contributed by atoms with Gasteiger partial charge >= 0.3 is 12.0 Å². The molecule has 1 fully saturated rings. The number of rotatable bonds is 5. The van der Waals surface area contributed by atoms with Crippen molar-refractivity contribution >= 4 is 29.5 Å². The van der Waals surface area contributed by atoms with Crippen molar-refractivity contribution < 1.29 is 28.6 Å². The first-order valence-corrected chi connectivity index (χ1v) is 8.53. The van der Waals surface area contributed by atoms with Crippen LogP contribution >= 0.6 is 11.6 Å². The summed E-state index contributed by atoms with van der Waals surface area (Å²) >= 11 is 6.06. The number of ether oxygens (including phenoxy) is 3. The van der Waals surface area contributed by atoms with Gasteiger partial charge in [0.25, 0.3) is 5.91 Å². The van der Waals surface area contributed by atoms with Gasteiger partial charge in [-0.15, -0.1) is 0 Å². The summed E-state index contributed by atoms with van der Waals surface area (Å²) in [6.45, 7) is 3.33. The standard InChI is InChI=1S/C17H19ClN2O6/c1-3-17(2)15(22)20(16(23)19-17)6-13(21)25-8-11-5-12(18)4-10-7-24-9-26-14(10)11/h4-5H,3,6-9H2,1-2H3,(H,19,23). The molecule has 1 aromatic rings. The number of esters is 1. The van der Waals surface area contributed by atoms with Gasteiger partial charge in [0.05, 0.1) is 6.61 Å². The van der Waals surface area contributed by atoms with E-state index in [0.717, 1.165) is 10.5 Å². The summed E-state index contributed by atoms with van der Waals surface area (Å²) in [5.41, 5.74) is 0.374. The van der Waals surface area contributed by atoms with E-state index in [-0.39, 0.29) is 13.4 Å². The molecule has 0 bridgehead atoms. The maximum atomic E-state index is 12.3. The van der Waals surface area contributed by atoms with Gasteiger partial charge in [-0.3, -0.25) is 14.5 Å². The Morgan fingerprint density at radius 3 is 2.88 bits per heavy atom. The van der Waals surface area contributed by atoms with Crippen molar-refractivity contribution in [3.05, 3.63) is 28.3 Å². The predicted molar refractivity (Wildman–Crippen MR) is 90.5 cm³/mol. The number of hydrogen-bond acceptors (Lipinski definition) is 6. The zero-order valence-electron chi connectivity index (χ0n) is 14.5. The van der Waals surface area contributed by atoms with Crippen LogP contribution in [-0.4, -0.2) is 41.7 Å². The van der Waals surface area contributed by atoms with E-state index in [1.54, 1.807) is 26.0 Å². The smallest absolute Gasteiger partial charge is 0.326 e. The molecule has 0 aliphatic carbocycles. The average Bonchev–Trinajstić information content (AvgIpc) is 2.83. The molecule has 0 saturated carbocycles. The van der Waals surface area contributed by atoms with Gasteiger partial charge in [0.1, 0.15) is 24.4 Å². The molecule has 8 nitrogen and oxygen atoms in total. The third kappa shape index (κ3) is 3.47. The number of hydrogen-bond donors (Lipinski definition) is 1. The lowest BCUT2D eigenvalue weighted by molar-refractivity contribution is -0.148. The molecule has 1 aromatic carbocycles. The summed E-state index contributed by atoms with van der Waals surface area (Å²) < 4.78 is 15.9. The van der Waals surface area contributed by atoms with Gasteiger partial charge in [0.15, 0.2) is 6.79 Å². The van der Waals surface area contributed by atoms with Gasteiger partial charge < -0.3 is 19.5 Å². The summed E-state index contributed by atoms with van der Waals surface area (Å²) in [4.78, 5) is 37.2. The van der Waals surface area contributed by atoms with E-state index >= 15 is 0 Å². The van der Waals surface area contributed by atoms with Crippen molar-refractivity contribution in [2.24, 2.45) is 0 Å². The molecule has 3 rings (SSSR count). The lowest BCUT2D eigenvalue weighted by Crippen LogP contribution is -2.43. The van der Waals surface area contributed by atoms with Gasteiger partial charge in [-0.1, -0.05) is 18.5 Å². The number of benzene rings is 1. The fourth-order valence-corrected chi connectivity index (χ4v) is 3.09. The summed E-state index contributed by atoms with van der Waals surface area (Å²) in [6.07, 6.45) is 0.428. The van der Waals surface area contributed by atoms with Crippen molar-refractivity contribution in [3.8, 4) is 5.75 Å². The quantitative estimate of drug-likeness (QED) is 0.618. The van der Waals surface area contributed by atoms with Gasteiger partial charge in [-0.25, -0.2) is 4.79 Å². The summed E-state index contributed by atoms with van der Waals surface area (Å²) in [5.74, 6) is -0.570. The van der Waals surface area contributed by atoms with Gasteiger partial charge in [-0.2, -0.15) is 0 Å². The number of carbonyl (C=O) groups is 3. The van der Waals surface area contributed by atoms with E-state index in [1.165, 1.54) is 0 Å². The Morgan fingerprint density at radius 1 is 1.42 bits per heavy atom. The molecule has 140 valence electrons. The van der Waals surface area contributed by atoms with Crippen molar-refractivity contribution in [1.82, 2.24) is 10.2 Å². The van der Waals surface area contributed by atoms with Crippen LogP contribution in [0.15, 0.2) is 12.1 Å². The van der Waals surface area contributed by atoms with Gasteiger partial charge in [0.2, 0.25) is 0 Å². The molecular weight excluding hydrogens is 364 g/mol. The van der Waals surface area contributed by atoms with Crippen molar-refractivity contribution in [3.63, 3.8) is 0 Å². The first-order valence-electron chi connectivity index (χ1n) is 8.15. The molecule has 1 atom stereocenters. The molecular formula is C17H19ClN2O6. The molecule has 0 aromatic heterocycles. The van der Waals surface area contributed by atoms with E-state index in [9.17, 15) is 14.4 Å². The lowest BCUT2D eigenvalue weighted by atomic mass is 9.99. The van der Waals surface area contributed by atoms with Crippen LogP contribution in [0.5, 0.6) is 5.75 Å². The Bertz CT molecular complexity index is 768. The Morgan fingerprint density at radius 2 is 2.19 bits per heavy atom. The van der Waals surface area contributed by atoms with Crippen LogP contribution in [0.1, 0.15) is 31.4 Å². The highest BCUT2D eigenvalue weighted by atomic mass is 35.5.